The van der Waals surface area contributed by atoms with Crippen LogP contribution in [-0.2, 0) is 19.1 Å². The molecule has 0 bridgehead atoms. The topological polar surface area (TPSA) is 37.3 Å². The van der Waals surface area contributed by atoms with Gasteiger partial charge >= 0.3 is 42.1 Å². The van der Waals surface area contributed by atoms with Crippen molar-refractivity contribution < 1.29 is 23.2 Å². The Morgan fingerprint density at radius 1 is 1.75 bits per heavy atom. The van der Waals surface area contributed by atoms with Gasteiger partial charge in [0.15, 0.2) is 0 Å². The van der Waals surface area contributed by atoms with Crippen molar-refractivity contribution in [1.29, 1.82) is 0 Å². The molecule has 0 unspecified atom stereocenters. The Balaban J connectivity index is 0. The fourth-order valence-corrected chi connectivity index (χ4v) is 0. The number of rotatable bonds is 0. The molecule has 0 aromatic rings. The van der Waals surface area contributed by atoms with Gasteiger partial charge in [-0.15, -0.1) is 0 Å². The molecule has 0 amide bonds. The van der Waals surface area contributed by atoms with E-state index in [-0.39, 0.29) is 18.9 Å². The van der Waals surface area contributed by atoms with E-state index in [4.69, 9.17) is 8.02 Å². The summed E-state index contributed by atoms with van der Waals surface area (Å²) in [4.78, 5) is 0. The van der Waals surface area contributed by atoms with Crippen molar-refractivity contribution in [2.75, 3.05) is 0 Å². The zero-order chi connectivity index (χ0) is 2.71. The molecule has 0 saturated carbocycles. The molecule has 0 aliphatic rings. The monoisotopic (exact) mass is 96.0 g/mol. The summed E-state index contributed by atoms with van der Waals surface area (Å²) in [6.07, 6.45) is 0. The van der Waals surface area contributed by atoms with E-state index in [0.717, 1.165) is 0 Å². The molecule has 0 aliphatic heterocycles. The van der Waals surface area contributed by atoms with Crippen LogP contribution in [0.15, 0.2) is 0 Å². The molecule has 4 heteroatoms. The summed E-state index contributed by atoms with van der Waals surface area (Å²) in [5, 5.41) is 0. The van der Waals surface area contributed by atoms with Gasteiger partial charge in [0.25, 0.3) is 0 Å². The summed E-state index contributed by atoms with van der Waals surface area (Å²) in [5.41, 5.74) is 0. The summed E-state index contributed by atoms with van der Waals surface area (Å²) < 4.78 is 15.6. The predicted octanol–water partition coefficient (Wildman–Crippen LogP) is -1.33. The Bertz CT molecular complexity index is 13.5. The minimum atomic E-state index is -1.19. The van der Waals surface area contributed by atoms with E-state index >= 15 is 0 Å². The van der Waals surface area contributed by atoms with E-state index in [2.05, 4.69) is 0 Å². The summed E-state index contributed by atoms with van der Waals surface area (Å²) in [5.74, 6) is 0. The van der Waals surface area contributed by atoms with Crippen LogP contribution in [0.3, 0.4) is 0 Å². The zero-order valence-electron chi connectivity index (χ0n) is 1.23. The molecule has 0 aromatic heterocycles. The van der Waals surface area contributed by atoms with Crippen LogP contribution in [0, 0.1) is 0 Å². The van der Waals surface area contributed by atoms with Crippen LogP contribution in [0.5, 0.6) is 0 Å². The summed E-state index contributed by atoms with van der Waals surface area (Å²) in [6.45, 7) is 0. The van der Waals surface area contributed by atoms with Gasteiger partial charge in [-0.05, 0) is 0 Å². The van der Waals surface area contributed by atoms with Gasteiger partial charge in [-0.2, -0.15) is 0 Å². The third-order valence-electron chi connectivity index (χ3n) is 0. The van der Waals surface area contributed by atoms with Crippen LogP contribution in [0.4, 0.5) is 0 Å². The van der Waals surface area contributed by atoms with Gasteiger partial charge in [0.2, 0.25) is 0 Å². The molecule has 1 N–H and O–H groups in total. The van der Waals surface area contributed by atoms with Crippen molar-refractivity contribution in [2.45, 2.75) is 0 Å². The summed E-state index contributed by atoms with van der Waals surface area (Å²) in [6, 6.07) is 0. The minimum absolute atomic E-state index is 0. The van der Waals surface area contributed by atoms with Crippen LogP contribution in [0.2, 0.25) is 0 Å². The van der Waals surface area contributed by atoms with Crippen LogP contribution < -0.4 is 0 Å². The van der Waals surface area contributed by atoms with Gasteiger partial charge in [-0.25, -0.2) is 0 Å². The second-order valence-electron chi connectivity index (χ2n) is 0.0690. The van der Waals surface area contributed by atoms with Crippen LogP contribution in [-0.4, -0.2) is 23.0 Å². The van der Waals surface area contributed by atoms with Gasteiger partial charge in [0.1, 0.15) is 0 Å². The molecule has 0 saturated heterocycles. The van der Waals surface area contributed by atoms with Crippen molar-refractivity contribution >= 4 is 18.9 Å². The molecule has 0 aromatic carbocycles. The first-order valence-electron chi connectivity index (χ1n) is 0.323. The number of hydrogen-bond donors (Lipinski definition) is 1. The fraction of sp³-hybridized carbons (Fsp3) is 0. The molecule has 0 fully saturated rings. The van der Waals surface area contributed by atoms with Gasteiger partial charge in [0, 0.05) is 0 Å². The van der Waals surface area contributed by atoms with Crippen LogP contribution in [0.25, 0.3) is 0 Å². The molecule has 2 nitrogen and oxygen atoms in total. The van der Waals surface area contributed by atoms with E-state index in [1.54, 1.807) is 0 Å². The second kappa shape index (κ2) is 9.11. The summed E-state index contributed by atoms with van der Waals surface area (Å²) >= 11 is -1.19. The molecular formula is H2LiMnO2. The van der Waals surface area contributed by atoms with Crippen LogP contribution in [0.1, 0.15) is 0 Å². The van der Waals surface area contributed by atoms with E-state index in [9.17, 15) is 0 Å². The molecule has 0 aliphatic carbocycles. The van der Waals surface area contributed by atoms with Gasteiger partial charge < -0.3 is 0 Å². The van der Waals surface area contributed by atoms with Crippen LogP contribution >= 0.6 is 0 Å². The standard InChI is InChI=1S/Li.Mn.H2O.O.H/h;;1H2;;/q;+1;;;/p-1. The normalized spacial score (nSPS) is 4.25. The maximum absolute atomic E-state index is 8.52. The van der Waals surface area contributed by atoms with Crippen molar-refractivity contribution in [3.05, 3.63) is 0 Å². The predicted molar refractivity (Wildman–Crippen MR) is 10.1 cm³/mol. The van der Waals surface area contributed by atoms with E-state index in [0.29, 0.717) is 0 Å². The van der Waals surface area contributed by atoms with Crippen molar-refractivity contribution in [2.24, 2.45) is 0 Å². The Hall–Kier alpha value is 0.877. The maximum atomic E-state index is 8.52. The molecule has 22 valence electrons. The van der Waals surface area contributed by atoms with Gasteiger partial charge in [-0.1, -0.05) is 0 Å². The average Bonchev–Trinajstić information content (AvgIpc) is 0.918. The van der Waals surface area contributed by atoms with Gasteiger partial charge in [-0.3, -0.25) is 0 Å². The van der Waals surface area contributed by atoms with E-state index < -0.39 is 15.2 Å². The Kier molecular flexibility index (Phi) is 20.2. The van der Waals surface area contributed by atoms with Gasteiger partial charge in [0.05, 0.1) is 0 Å². The molecule has 4 heavy (non-hydrogen) atoms. The first-order chi connectivity index (χ1) is 1.41. The second-order valence-corrected chi connectivity index (χ2v) is 0.285. The SMILES string of the molecule is [LiH].[O]=[Mn][OH]. The summed E-state index contributed by atoms with van der Waals surface area (Å²) in [7, 11) is 0. The number of hydrogen-bond acceptors (Lipinski definition) is 1. The quantitative estimate of drug-likeness (QED) is 0.379. The average molecular weight is 95.9 g/mol. The van der Waals surface area contributed by atoms with Crippen molar-refractivity contribution in [1.82, 2.24) is 0 Å². The zero-order valence-corrected chi connectivity index (χ0v) is 2.41. The van der Waals surface area contributed by atoms with Crippen molar-refractivity contribution in [3.8, 4) is 0 Å². The third-order valence-corrected chi connectivity index (χ3v) is 0. The Labute approximate surface area is 42.4 Å². The molecule has 0 atom stereocenters. The molecule has 0 spiro atoms. The van der Waals surface area contributed by atoms with Crippen molar-refractivity contribution in [3.63, 3.8) is 0 Å². The van der Waals surface area contributed by atoms with E-state index in [1.807, 2.05) is 0 Å². The molecule has 0 heterocycles. The Morgan fingerprint density at radius 2 is 1.75 bits per heavy atom. The fourth-order valence-electron chi connectivity index (χ4n) is 0. The van der Waals surface area contributed by atoms with E-state index in [1.165, 1.54) is 0 Å². The first kappa shape index (κ1) is 8.86. The molecular weight excluding hydrogens is 93.9 g/mol. The first-order valence-corrected chi connectivity index (χ1v) is 1.33. The Morgan fingerprint density at radius 3 is 1.75 bits per heavy atom. The molecule has 0 radical (unpaired) electrons. The third kappa shape index (κ3) is 13.2. The molecule has 0 rings (SSSR count).